The van der Waals surface area contributed by atoms with Gasteiger partial charge in [-0.2, -0.15) is 0 Å². The van der Waals surface area contributed by atoms with E-state index in [0.717, 1.165) is 5.56 Å². The average Bonchev–Trinajstić information content (AvgIpc) is 3.35. The number of aliphatic hydroxyl groups is 1. The highest BCUT2D eigenvalue weighted by atomic mass is 35.5. The molecular weight excluding hydrogens is 496 g/mol. The first kappa shape index (κ1) is 28.1. The third-order valence-electron chi connectivity index (χ3n) is 5.68. The van der Waals surface area contributed by atoms with Crippen molar-refractivity contribution in [3.05, 3.63) is 64.6 Å². The van der Waals surface area contributed by atoms with Crippen LogP contribution in [0.1, 0.15) is 54.8 Å². The van der Waals surface area contributed by atoms with E-state index in [1.807, 2.05) is 13.8 Å². The van der Waals surface area contributed by atoms with Crippen LogP contribution in [0.2, 0.25) is 5.02 Å². The molecule has 2 heterocycles. The number of amides is 1. The van der Waals surface area contributed by atoms with Gasteiger partial charge in [-0.25, -0.2) is 9.97 Å². The first-order chi connectivity index (χ1) is 17.5. The van der Waals surface area contributed by atoms with Crippen LogP contribution in [0.5, 0.6) is 0 Å². The monoisotopic (exact) mass is 528 g/mol. The number of aryl methyl sites for hydroxylation is 1. The molecule has 0 aliphatic rings. The molecule has 0 bridgehead atoms. The van der Waals surface area contributed by atoms with Crippen molar-refractivity contribution in [2.24, 2.45) is 5.73 Å². The van der Waals surface area contributed by atoms with Crippen LogP contribution >= 0.6 is 11.6 Å². The van der Waals surface area contributed by atoms with Crippen molar-refractivity contribution >= 4 is 29.4 Å². The van der Waals surface area contributed by atoms with Crippen LogP contribution in [0.15, 0.2) is 42.7 Å². The summed E-state index contributed by atoms with van der Waals surface area (Å²) < 4.78 is 5.38. The number of benzene rings is 1. The van der Waals surface area contributed by atoms with Gasteiger partial charge in [-0.3, -0.25) is 9.59 Å². The summed E-state index contributed by atoms with van der Waals surface area (Å²) in [5.41, 5.74) is 7.78. The number of halogens is 1. The zero-order chi connectivity index (χ0) is 27.2. The molecule has 0 spiro atoms. The Labute approximate surface area is 221 Å². The zero-order valence-corrected chi connectivity index (χ0v) is 22.1. The Morgan fingerprint density at radius 3 is 2.70 bits per heavy atom. The third kappa shape index (κ3) is 7.51. The summed E-state index contributed by atoms with van der Waals surface area (Å²) >= 11 is 6.15. The Morgan fingerprint density at radius 1 is 1.30 bits per heavy atom. The number of esters is 1. The smallest absolute Gasteiger partial charge is 0.325 e. The van der Waals surface area contributed by atoms with E-state index in [9.17, 15) is 14.7 Å². The fraction of sp³-hybridized carbons (Fsp3) is 0.385. The molecule has 2 atom stereocenters. The predicted octanol–water partition coefficient (Wildman–Crippen LogP) is 3.37. The second-order valence-electron chi connectivity index (χ2n) is 9.36. The van der Waals surface area contributed by atoms with E-state index in [1.165, 1.54) is 0 Å². The third-order valence-corrected chi connectivity index (χ3v) is 5.92. The fourth-order valence-electron chi connectivity index (χ4n) is 3.45. The Balaban J connectivity index is 1.81. The number of H-pyrrole nitrogens is 1. The molecule has 0 aliphatic heterocycles. The largest absolute Gasteiger partial charge is 0.462 e. The van der Waals surface area contributed by atoms with Gasteiger partial charge in [0, 0.05) is 23.0 Å². The molecule has 37 heavy (non-hydrogen) atoms. The van der Waals surface area contributed by atoms with E-state index in [1.54, 1.807) is 56.6 Å². The van der Waals surface area contributed by atoms with Crippen LogP contribution in [-0.2, 0) is 9.53 Å². The van der Waals surface area contributed by atoms with E-state index in [4.69, 9.17) is 22.1 Å². The summed E-state index contributed by atoms with van der Waals surface area (Å²) in [6, 6.07) is 7.81. The van der Waals surface area contributed by atoms with Crippen molar-refractivity contribution in [2.75, 3.05) is 18.5 Å². The molecule has 0 fully saturated rings. The van der Waals surface area contributed by atoms with E-state index in [2.05, 4.69) is 25.6 Å². The summed E-state index contributed by atoms with van der Waals surface area (Å²) in [4.78, 5) is 37.2. The standard InChI is InChI=1S/C26H33ClN6O4/c1-5-19(13-34)31-25-30-11-15(2)22(33-25)17-10-20(29-12-17)23(35)32-21(14-37-24(36)26(3,4)28)16-7-6-8-18(27)9-16/h6-12,19,21,29,34H,5,13-14,28H2,1-4H3,(H,32,35)(H,30,31,33)/t19-,21-/m1/s1. The second kappa shape index (κ2) is 12.2. The number of aromatic amines is 1. The van der Waals surface area contributed by atoms with Crippen molar-refractivity contribution in [3.8, 4) is 11.3 Å². The molecule has 3 rings (SSSR count). The number of nitrogens with one attached hydrogen (secondary N) is 3. The average molecular weight is 529 g/mol. The lowest BCUT2D eigenvalue weighted by Gasteiger charge is -2.22. The Kier molecular flexibility index (Phi) is 9.25. The maximum absolute atomic E-state index is 13.2. The minimum Gasteiger partial charge on any atom is -0.462 e. The van der Waals surface area contributed by atoms with Crippen molar-refractivity contribution in [1.29, 1.82) is 0 Å². The number of ether oxygens (including phenoxy) is 1. The van der Waals surface area contributed by atoms with Gasteiger partial charge in [0.05, 0.1) is 24.4 Å². The van der Waals surface area contributed by atoms with Gasteiger partial charge in [0.25, 0.3) is 5.91 Å². The molecule has 0 aliphatic carbocycles. The van der Waals surface area contributed by atoms with Gasteiger partial charge < -0.3 is 31.2 Å². The van der Waals surface area contributed by atoms with Crippen LogP contribution in [-0.4, -0.2) is 56.7 Å². The lowest BCUT2D eigenvalue weighted by Crippen LogP contribution is -2.44. The number of aromatic nitrogens is 3. The molecule has 2 aromatic heterocycles. The van der Waals surface area contributed by atoms with Crippen molar-refractivity contribution in [3.63, 3.8) is 0 Å². The summed E-state index contributed by atoms with van der Waals surface area (Å²) in [5.74, 6) is -0.610. The topological polar surface area (TPSA) is 155 Å². The van der Waals surface area contributed by atoms with Crippen molar-refractivity contribution < 1.29 is 19.4 Å². The van der Waals surface area contributed by atoms with Crippen molar-refractivity contribution in [2.45, 2.75) is 51.7 Å². The zero-order valence-electron chi connectivity index (χ0n) is 21.3. The first-order valence-corrected chi connectivity index (χ1v) is 12.3. The number of nitrogens with zero attached hydrogens (tertiary/aromatic N) is 2. The molecule has 0 saturated carbocycles. The molecule has 3 aromatic rings. The quantitative estimate of drug-likeness (QED) is 0.237. The van der Waals surface area contributed by atoms with Gasteiger partial charge in [-0.15, -0.1) is 0 Å². The number of carbonyl (C=O) groups excluding carboxylic acids is 2. The minimum atomic E-state index is -1.17. The highest BCUT2D eigenvalue weighted by Gasteiger charge is 2.26. The Bertz CT molecular complexity index is 1240. The molecule has 1 aromatic carbocycles. The maximum atomic E-state index is 13.2. The lowest BCUT2D eigenvalue weighted by molar-refractivity contribution is -0.149. The molecule has 6 N–H and O–H groups in total. The summed E-state index contributed by atoms with van der Waals surface area (Å²) in [6.07, 6.45) is 4.08. The summed E-state index contributed by atoms with van der Waals surface area (Å²) in [5, 5.41) is 15.9. The molecule has 10 nitrogen and oxygen atoms in total. The molecule has 0 radical (unpaired) electrons. The summed E-state index contributed by atoms with van der Waals surface area (Å²) in [6.45, 7) is 6.76. The predicted molar refractivity (Wildman–Crippen MR) is 142 cm³/mol. The van der Waals surface area contributed by atoms with Crippen LogP contribution in [0.4, 0.5) is 5.95 Å². The van der Waals surface area contributed by atoms with Gasteiger partial charge in [-0.1, -0.05) is 30.7 Å². The van der Waals surface area contributed by atoms with E-state index >= 15 is 0 Å². The summed E-state index contributed by atoms with van der Waals surface area (Å²) in [7, 11) is 0. The number of carbonyl (C=O) groups is 2. The minimum absolute atomic E-state index is 0.0383. The number of aliphatic hydroxyl groups excluding tert-OH is 1. The van der Waals surface area contributed by atoms with Gasteiger partial charge in [-0.05, 0) is 56.5 Å². The first-order valence-electron chi connectivity index (χ1n) is 11.9. The van der Waals surface area contributed by atoms with Crippen LogP contribution < -0.4 is 16.4 Å². The normalized spacial score (nSPS) is 13.1. The molecule has 0 unspecified atom stereocenters. The second-order valence-corrected chi connectivity index (χ2v) is 9.80. The van der Waals surface area contributed by atoms with Gasteiger partial charge >= 0.3 is 5.97 Å². The van der Waals surface area contributed by atoms with Crippen molar-refractivity contribution in [1.82, 2.24) is 20.3 Å². The molecule has 1 amide bonds. The van der Waals surface area contributed by atoms with E-state index in [-0.39, 0.29) is 19.3 Å². The van der Waals surface area contributed by atoms with Gasteiger partial charge in [0.2, 0.25) is 5.95 Å². The Hall–Kier alpha value is -3.47. The fourth-order valence-corrected chi connectivity index (χ4v) is 3.65. The van der Waals surface area contributed by atoms with Crippen LogP contribution in [0, 0.1) is 6.92 Å². The maximum Gasteiger partial charge on any atom is 0.325 e. The van der Waals surface area contributed by atoms with Gasteiger partial charge in [0.15, 0.2) is 0 Å². The lowest BCUT2D eigenvalue weighted by atomic mass is 10.1. The van der Waals surface area contributed by atoms with E-state index in [0.29, 0.717) is 39.9 Å². The number of rotatable bonds is 11. The van der Waals surface area contributed by atoms with Crippen LogP contribution in [0.3, 0.4) is 0 Å². The number of nitrogens with two attached hydrogens (primary N) is 1. The molecule has 11 heteroatoms. The SMILES string of the molecule is CC[C@H](CO)Nc1ncc(C)c(-c2c[nH]c(C(=O)N[C@H](COC(=O)C(C)(C)N)c3cccc(Cl)c3)c2)n1. The van der Waals surface area contributed by atoms with E-state index < -0.39 is 23.5 Å². The highest BCUT2D eigenvalue weighted by Crippen LogP contribution is 2.24. The molecule has 0 saturated heterocycles. The number of hydrogen-bond donors (Lipinski definition) is 5. The van der Waals surface area contributed by atoms with Crippen LogP contribution in [0.25, 0.3) is 11.3 Å². The Morgan fingerprint density at radius 2 is 2.05 bits per heavy atom. The highest BCUT2D eigenvalue weighted by molar-refractivity contribution is 6.30. The van der Waals surface area contributed by atoms with Gasteiger partial charge in [0.1, 0.15) is 17.8 Å². The number of anilines is 1. The molecular formula is C26H33ClN6O4. The molecule has 198 valence electrons. The number of hydrogen-bond acceptors (Lipinski definition) is 8.